The molecule has 2 rings (SSSR count). The third-order valence-electron chi connectivity index (χ3n) is 3.85. The van der Waals surface area contributed by atoms with Gasteiger partial charge in [-0.2, -0.15) is 0 Å². The maximum absolute atomic E-state index is 6.02. The van der Waals surface area contributed by atoms with Gasteiger partial charge < -0.3 is 15.2 Å². The SMILES string of the molecule is CCCOc1cc(OC)ccc1C(CN)N1CCCC1. The molecule has 0 aromatic heterocycles. The van der Waals surface area contributed by atoms with E-state index in [1.54, 1.807) is 7.11 Å². The van der Waals surface area contributed by atoms with E-state index in [0.717, 1.165) is 37.6 Å². The molecule has 0 aliphatic carbocycles. The Labute approximate surface area is 121 Å². The summed E-state index contributed by atoms with van der Waals surface area (Å²) in [7, 11) is 1.68. The summed E-state index contributed by atoms with van der Waals surface area (Å²) in [6, 6.07) is 6.31. The minimum Gasteiger partial charge on any atom is -0.497 e. The van der Waals surface area contributed by atoms with Crippen LogP contribution in [0.15, 0.2) is 18.2 Å². The van der Waals surface area contributed by atoms with Crippen LogP contribution in [0.4, 0.5) is 0 Å². The van der Waals surface area contributed by atoms with Gasteiger partial charge in [-0.1, -0.05) is 13.0 Å². The van der Waals surface area contributed by atoms with Crippen LogP contribution in [0, 0.1) is 0 Å². The number of methoxy groups -OCH3 is 1. The zero-order valence-corrected chi connectivity index (χ0v) is 12.6. The number of benzene rings is 1. The van der Waals surface area contributed by atoms with E-state index < -0.39 is 0 Å². The van der Waals surface area contributed by atoms with Gasteiger partial charge in [0, 0.05) is 18.2 Å². The van der Waals surface area contributed by atoms with Gasteiger partial charge in [-0.3, -0.25) is 4.90 Å². The van der Waals surface area contributed by atoms with Gasteiger partial charge in [0.1, 0.15) is 11.5 Å². The zero-order chi connectivity index (χ0) is 14.4. The predicted molar refractivity (Wildman–Crippen MR) is 81.4 cm³/mol. The van der Waals surface area contributed by atoms with Crippen molar-refractivity contribution in [2.45, 2.75) is 32.2 Å². The molecule has 112 valence electrons. The number of ether oxygens (including phenoxy) is 2. The summed E-state index contributed by atoms with van der Waals surface area (Å²) in [5.41, 5.74) is 7.21. The van der Waals surface area contributed by atoms with Gasteiger partial charge >= 0.3 is 0 Å². The number of hydrogen-bond acceptors (Lipinski definition) is 4. The molecule has 1 aromatic carbocycles. The van der Waals surface area contributed by atoms with Crippen LogP contribution >= 0.6 is 0 Å². The van der Waals surface area contributed by atoms with E-state index >= 15 is 0 Å². The largest absolute Gasteiger partial charge is 0.497 e. The molecule has 4 heteroatoms. The van der Waals surface area contributed by atoms with Gasteiger partial charge in [0.15, 0.2) is 0 Å². The number of nitrogens with zero attached hydrogens (tertiary/aromatic N) is 1. The maximum Gasteiger partial charge on any atom is 0.127 e. The molecule has 1 atom stereocenters. The van der Waals surface area contributed by atoms with Crippen molar-refractivity contribution >= 4 is 0 Å². The molecule has 1 fully saturated rings. The highest BCUT2D eigenvalue weighted by atomic mass is 16.5. The summed E-state index contributed by atoms with van der Waals surface area (Å²) >= 11 is 0. The Balaban J connectivity index is 2.26. The van der Waals surface area contributed by atoms with Gasteiger partial charge in [-0.15, -0.1) is 0 Å². The molecule has 1 saturated heterocycles. The van der Waals surface area contributed by atoms with Crippen molar-refractivity contribution in [3.63, 3.8) is 0 Å². The molecule has 20 heavy (non-hydrogen) atoms. The molecule has 0 spiro atoms. The Morgan fingerprint density at radius 3 is 2.65 bits per heavy atom. The Hall–Kier alpha value is -1.26. The Kier molecular flexibility index (Phi) is 5.68. The number of likely N-dealkylation sites (tertiary alicyclic amines) is 1. The van der Waals surface area contributed by atoms with E-state index in [1.807, 2.05) is 12.1 Å². The van der Waals surface area contributed by atoms with Crippen LogP contribution in [0.5, 0.6) is 11.5 Å². The molecular weight excluding hydrogens is 252 g/mol. The summed E-state index contributed by atoms with van der Waals surface area (Å²) in [5, 5.41) is 0. The van der Waals surface area contributed by atoms with Crippen LogP contribution in [0.3, 0.4) is 0 Å². The van der Waals surface area contributed by atoms with Gasteiger partial charge in [-0.25, -0.2) is 0 Å². The van der Waals surface area contributed by atoms with E-state index in [2.05, 4.69) is 17.9 Å². The Bertz CT molecular complexity index is 417. The third kappa shape index (κ3) is 3.44. The average Bonchev–Trinajstić information content (AvgIpc) is 3.01. The summed E-state index contributed by atoms with van der Waals surface area (Å²) in [6.07, 6.45) is 3.52. The highest BCUT2D eigenvalue weighted by molar-refractivity contribution is 5.43. The third-order valence-corrected chi connectivity index (χ3v) is 3.85. The number of nitrogens with two attached hydrogens (primary N) is 1. The van der Waals surface area contributed by atoms with Gasteiger partial charge in [0.2, 0.25) is 0 Å². The maximum atomic E-state index is 6.02. The molecule has 0 saturated carbocycles. The van der Waals surface area contributed by atoms with Gasteiger partial charge in [0.05, 0.1) is 19.8 Å². The first-order valence-corrected chi connectivity index (χ1v) is 7.55. The lowest BCUT2D eigenvalue weighted by molar-refractivity contribution is 0.238. The van der Waals surface area contributed by atoms with Crippen LogP contribution < -0.4 is 15.2 Å². The summed E-state index contributed by atoms with van der Waals surface area (Å²) in [4.78, 5) is 2.46. The molecule has 1 heterocycles. The molecule has 0 bridgehead atoms. The van der Waals surface area contributed by atoms with Crippen molar-refractivity contribution in [1.29, 1.82) is 0 Å². The first kappa shape index (κ1) is 15.1. The quantitative estimate of drug-likeness (QED) is 0.833. The fourth-order valence-corrected chi connectivity index (χ4v) is 2.78. The fourth-order valence-electron chi connectivity index (χ4n) is 2.78. The zero-order valence-electron chi connectivity index (χ0n) is 12.6. The minimum absolute atomic E-state index is 0.246. The molecule has 4 nitrogen and oxygen atoms in total. The van der Waals surface area contributed by atoms with Crippen molar-refractivity contribution in [1.82, 2.24) is 4.90 Å². The molecule has 0 amide bonds. The van der Waals surface area contributed by atoms with E-state index in [4.69, 9.17) is 15.2 Å². The second kappa shape index (κ2) is 7.50. The first-order valence-electron chi connectivity index (χ1n) is 7.55. The predicted octanol–water partition coefficient (Wildman–Crippen LogP) is 2.58. The molecule has 1 aliphatic heterocycles. The minimum atomic E-state index is 0.246. The summed E-state index contributed by atoms with van der Waals surface area (Å²) in [6.45, 7) is 5.70. The van der Waals surface area contributed by atoms with Crippen LogP contribution in [0.2, 0.25) is 0 Å². The second-order valence-electron chi connectivity index (χ2n) is 5.25. The summed E-state index contributed by atoms with van der Waals surface area (Å²) < 4.78 is 11.2. The van der Waals surface area contributed by atoms with Crippen LogP contribution in [0.25, 0.3) is 0 Å². The van der Waals surface area contributed by atoms with Crippen LogP contribution in [-0.4, -0.2) is 38.3 Å². The average molecular weight is 278 g/mol. The molecule has 2 N–H and O–H groups in total. The lowest BCUT2D eigenvalue weighted by atomic mass is 10.0. The van der Waals surface area contributed by atoms with E-state index in [1.165, 1.54) is 18.4 Å². The Morgan fingerprint density at radius 1 is 1.30 bits per heavy atom. The van der Waals surface area contributed by atoms with E-state index in [0.29, 0.717) is 6.54 Å². The standard InChI is InChI=1S/C16H26N2O2/c1-3-10-20-16-11-13(19-2)6-7-14(16)15(12-17)18-8-4-5-9-18/h6-7,11,15H,3-5,8-10,12,17H2,1-2H3. The van der Waals surface area contributed by atoms with Gasteiger partial charge in [0.25, 0.3) is 0 Å². The fraction of sp³-hybridized carbons (Fsp3) is 0.625. The topological polar surface area (TPSA) is 47.7 Å². The Morgan fingerprint density at radius 2 is 2.05 bits per heavy atom. The highest BCUT2D eigenvalue weighted by Gasteiger charge is 2.25. The van der Waals surface area contributed by atoms with Crippen molar-refractivity contribution in [3.05, 3.63) is 23.8 Å². The van der Waals surface area contributed by atoms with Crippen LogP contribution in [-0.2, 0) is 0 Å². The van der Waals surface area contributed by atoms with Crippen molar-refractivity contribution in [3.8, 4) is 11.5 Å². The molecule has 1 aromatic rings. The van der Waals surface area contributed by atoms with E-state index in [-0.39, 0.29) is 6.04 Å². The van der Waals surface area contributed by atoms with Crippen LogP contribution in [0.1, 0.15) is 37.8 Å². The monoisotopic (exact) mass is 278 g/mol. The molecule has 0 radical (unpaired) electrons. The lowest BCUT2D eigenvalue weighted by Crippen LogP contribution is -2.31. The van der Waals surface area contributed by atoms with E-state index in [9.17, 15) is 0 Å². The van der Waals surface area contributed by atoms with Crippen molar-refractivity contribution in [2.75, 3.05) is 33.4 Å². The molecule has 1 aliphatic rings. The number of rotatable bonds is 7. The summed E-state index contributed by atoms with van der Waals surface area (Å²) in [5.74, 6) is 1.74. The highest BCUT2D eigenvalue weighted by Crippen LogP contribution is 2.34. The first-order chi connectivity index (χ1) is 9.80. The molecule has 1 unspecified atom stereocenters. The van der Waals surface area contributed by atoms with Crippen molar-refractivity contribution in [2.24, 2.45) is 5.73 Å². The number of hydrogen-bond donors (Lipinski definition) is 1. The second-order valence-corrected chi connectivity index (χ2v) is 5.25. The smallest absolute Gasteiger partial charge is 0.127 e. The van der Waals surface area contributed by atoms with Gasteiger partial charge in [-0.05, 0) is 38.4 Å². The molecular formula is C16H26N2O2. The normalized spacial score (nSPS) is 17.1. The van der Waals surface area contributed by atoms with Crippen molar-refractivity contribution < 1.29 is 9.47 Å². The lowest BCUT2D eigenvalue weighted by Gasteiger charge is -2.28.